The molecular weight excluding hydrogens is 166 g/mol. The van der Waals surface area contributed by atoms with Crippen LogP contribution in [0.4, 0.5) is 0 Å². The third-order valence-corrected chi connectivity index (χ3v) is 2.66. The van der Waals surface area contributed by atoms with Gasteiger partial charge in [-0.25, -0.2) is 0 Å². The standard InChI is InChI=1S/C10H19NS/c1-4-7-8-11(5-2)9-10-12-6-3/h1H,5-10H2,2-3H3. The highest BCUT2D eigenvalue weighted by Crippen LogP contribution is 2.00. The van der Waals surface area contributed by atoms with Gasteiger partial charge in [-0.15, -0.1) is 12.3 Å². The Hall–Kier alpha value is -0.130. The lowest BCUT2D eigenvalue weighted by Crippen LogP contribution is -2.26. The molecule has 12 heavy (non-hydrogen) atoms. The van der Waals surface area contributed by atoms with E-state index >= 15 is 0 Å². The smallest absolute Gasteiger partial charge is 0.0214 e. The Labute approximate surface area is 80.9 Å². The highest BCUT2D eigenvalue weighted by molar-refractivity contribution is 7.99. The number of rotatable bonds is 7. The zero-order valence-corrected chi connectivity index (χ0v) is 8.99. The van der Waals surface area contributed by atoms with E-state index in [0.29, 0.717) is 0 Å². The van der Waals surface area contributed by atoms with E-state index < -0.39 is 0 Å². The summed E-state index contributed by atoms with van der Waals surface area (Å²) in [5, 5.41) is 0. The van der Waals surface area contributed by atoms with E-state index in [4.69, 9.17) is 6.42 Å². The Bertz CT molecular complexity index is 128. The zero-order chi connectivity index (χ0) is 9.23. The van der Waals surface area contributed by atoms with E-state index in [2.05, 4.69) is 24.7 Å². The number of thioether (sulfide) groups is 1. The van der Waals surface area contributed by atoms with Gasteiger partial charge >= 0.3 is 0 Å². The molecule has 0 unspecified atom stereocenters. The van der Waals surface area contributed by atoms with Crippen LogP contribution in [0.15, 0.2) is 0 Å². The molecule has 0 fully saturated rings. The topological polar surface area (TPSA) is 3.24 Å². The summed E-state index contributed by atoms with van der Waals surface area (Å²) in [6.45, 7) is 7.73. The Morgan fingerprint density at radius 3 is 2.58 bits per heavy atom. The van der Waals surface area contributed by atoms with Gasteiger partial charge in [-0.1, -0.05) is 13.8 Å². The van der Waals surface area contributed by atoms with Crippen molar-refractivity contribution in [3.63, 3.8) is 0 Å². The normalized spacial score (nSPS) is 10.2. The third-order valence-electron chi connectivity index (χ3n) is 1.78. The summed E-state index contributed by atoms with van der Waals surface area (Å²) in [7, 11) is 0. The molecule has 0 N–H and O–H groups in total. The molecule has 0 atom stereocenters. The van der Waals surface area contributed by atoms with Gasteiger partial charge in [0.25, 0.3) is 0 Å². The van der Waals surface area contributed by atoms with Crippen LogP contribution in [0.2, 0.25) is 0 Å². The average Bonchev–Trinajstić information content (AvgIpc) is 2.11. The van der Waals surface area contributed by atoms with E-state index in [1.54, 1.807) is 0 Å². The summed E-state index contributed by atoms with van der Waals surface area (Å²) in [6.07, 6.45) is 6.08. The fourth-order valence-electron chi connectivity index (χ4n) is 0.989. The van der Waals surface area contributed by atoms with Crippen molar-refractivity contribution in [2.24, 2.45) is 0 Å². The average molecular weight is 185 g/mol. The van der Waals surface area contributed by atoms with Gasteiger partial charge in [-0.05, 0) is 12.3 Å². The van der Waals surface area contributed by atoms with Crippen LogP contribution in [0.1, 0.15) is 20.3 Å². The highest BCUT2D eigenvalue weighted by Gasteiger charge is 1.99. The number of terminal acetylenes is 1. The second kappa shape index (κ2) is 8.96. The molecule has 0 bridgehead atoms. The lowest BCUT2D eigenvalue weighted by molar-refractivity contribution is 0.314. The van der Waals surface area contributed by atoms with E-state index in [1.165, 1.54) is 18.1 Å². The van der Waals surface area contributed by atoms with E-state index in [-0.39, 0.29) is 0 Å². The number of hydrogen-bond acceptors (Lipinski definition) is 2. The third kappa shape index (κ3) is 6.57. The summed E-state index contributed by atoms with van der Waals surface area (Å²) in [6, 6.07) is 0. The molecule has 0 aromatic heterocycles. The van der Waals surface area contributed by atoms with Crippen molar-refractivity contribution in [3.05, 3.63) is 0 Å². The molecule has 0 aliphatic heterocycles. The summed E-state index contributed by atoms with van der Waals surface area (Å²) in [5.74, 6) is 5.12. The number of nitrogens with zero attached hydrogens (tertiary/aromatic N) is 1. The van der Waals surface area contributed by atoms with Gasteiger partial charge < -0.3 is 4.90 Å². The Morgan fingerprint density at radius 1 is 1.33 bits per heavy atom. The van der Waals surface area contributed by atoms with Crippen LogP contribution in [0.25, 0.3) is 0 Å². The van der Waals surface area contributed by atoms with E-state index in [1.807, 2.05) is 11.8 Å². The van der Waals surface area contributed by atoms with E-state index in [9.17, 15) is 0 Å². The maximum atomic E-state index is 5.20. The minimum atomic E-state index is 0.880. The van der Waals surface area contributed by atoms with Crippen LogP contribution in [0, 0.1) is 12.3 Å². The van der Waals surface area contributed by atoms with Crippen molar-refractivity contribution in [1.29, 1.82) is 0 Å². The molecule has 2 heteroatoms. The lowest BCUT2D eigenvalue weighted by Gasteiger charge is -2.18. The van der Waals surface area contributed by atoms with Crippen molar-refractivity contribution in [2.45, 2.75) is 20.3 Å². The molecule has 0 amide bonds. The van der Waals surface area contributed by atoms with Crippen LogP contribution < -0.4 is 0 Å². The molecule has 0 heterocycles. The van der Waals surface area contributed by atoms with Crippen LogP contribution in [-0.2, 0) is 0 Å². The molecule has 0 saturated heterocycles. The Morgan fingerprint density at radius 2 is 2.08 bits per heavy atom. The van der Waals surface area contributed by atoms with Crippen LogP contribution in [-0.4, -0.2) is 36.0 Å². The molecule has 0 aromatic rings. The maximum Gasteiger partial charge on any atom is 0.0214 e. The van der Waals surface area contributed by atoms with Gasteiger partial charge in [0.2, 0.25) is 0 Å². The van der Waals surface area contributed by atoms with Crippen molar-refractivity contribution in [3.8, 4) is 12.3 Å². The fourth-order valence-corrected chi connectivity index (χ4v) is 1.66. The van der Waals surface area contributed by atoms with Gasteiger partial charge in [-0.3, -0.25) is 0 Å². The molecular formula is C10H19NS. The van der Waals surface area contributed by atoms with Gasteiger partial charge in [0.15, 0.2) is 0 Å². The second-order valence-corrected chi connectivity index (χ2v) is 3.98. The number of hydrogen-bond donors (Lipinski definition) is 0. The summed E-state index contributed by atoms with van der Waals surface area (Å²) >= 11 is 1.99. The Balaban J connectivity index is 3.34. The quantitative estimate of drug-likeness (QED) is 0.441. The van der Waals surface area contributed by atoms with Gasteiger partial charge in [0, 0.05) is 25.3 Å². The molecule has 0 aliphatic rings. The van der Waals surface area contributed by atoms with Crippen molar-refractivity contribution < 1.29 is 0 Å². The SMILES string of the molecule is C#CCCN(CC)CCSCC. The maximum absolute atomic E-state index is 5.20. The first-order valence-corrected chi connectivity index (χ1v) is 5.74. The largest absolute Gasteiger partial charge is 0.302 e. The van der Waals surface area contributed by atoms with Crippen molar-refractivity contribution in [1.82, 2.24) is 4.90 Å². The second-order valence-electron chi connectivity index (χ2n) is 2.59. The van der Waals surface area contributed by atoms with Crippen LogP contribution in [0.3, 0.4) is 0 Å². The molecule has 0 aliphatic carbocycles. The predicted molar refractivity (Wildman–Crippen MR) is 58.6 cm³/mol. The monoisotopic (exact) mass is 185 g/mol. The first-order valence-electron chi connectivity index (χ1n) is 4.58. The van der Waals surface area contributed by atoms with Crippen LogP contribution in [0.5, 0.6) is 0 Å². The first-order chi connectivity index (χ1) is 5.85. The molecule has 1 nitrogen and oxygen atoms in total. The lowest BCUT2D eigenvalue weighted by atomic mass is 10.4. The molecule has 0 aromatic carbocycles. The van der Waals surface area contributed by atoms with Gasteiger partial charge in [0.1, 0.15) is 0 Å². The molecule has 0 saturated carbocycles. The predicted octanol–water partition coefficient (Wildman–Crippen LogP) is 2.08. The zero-order valence-electron chi connectivity index (χ0n) is 8.18. The van der Waals surface area contributed by atoms with Crippen LogP contribution >= 0.6 is 11.8 Å². The molecule has 0 radical (unpaired) electrons. The van der Waals surface area contributed by atoms with E-state index in [0.717, 1.165) is 19.5 Å². The van der Waals surface area contributed by atoms with Crippen molar-refractivity contribution in [2.75, 3.05) is 31.1 Å². The van der Waals surface area contributed by atoms with Gasteiger partial charge in [0.05, 0.1) is 0 Å². The summed E-state index contributed by atoms with van der Waals surface area (Å²) in [5.41, 5.74) is 0. The van der Waals surface area contributed by atoms with Gasteiger partial charge in [-0.2, -0.15) is 11.8 Å². The first kappa shape index (κ1) is 11.9. The highest BCUT2D eigenvalue weighted by atomic mass is 32.2. The minimum Gasteiger partial charge on any atom is -0.302 e. The summed E-state index contributed by atoms with van der Waals surface area (Å²) in [4.78, 5) is 2.41. The summed E-state index contributed by atoms with van der Waals surface area (Å²) < 4.78 is 0. The fraction of sp³-hybridized carbons (Fsp3) is 0.800. The molecule has 70 valence electrons. The minimum absolute atomic E-state index is 0.880. The molecule has 0 rings (SSSR count). The molecule has 0 spiro atoms. The van der Waals surface area contributed by atoms with Crippen molar-refractivity contribution >= 4 is 11.8 Å². The Kier molecular flexibility index (Phi) is 8.86.